The quantitative estimate of drug-likeness (QED) is 0.577. The van der Waals surface area contributed by atoms with Crippen molar-refractivity contribution >= 4 is 22.4 Å². The fourth-order valence-electron chi connectivity index (χ4n) is 2.36. The Labute approximate surface area is 127 Å². The molecule has 3 rings (SSSR count). The fourth-order valence-corrected chi connectivity index (χ4v) is 2.36. The molecule has 0 saturated carbocycles. The number of benzene rings is 2. The smallest absolute Gasteiger partial charge is 0.272 e. The van der Waals surface area contributed by atoms with Gasteiger partial charge in [0.15, 0.2) is 0 Å². The van der Waals surface area contributed by atoms with Gasteiger partial charge >= 0.3 is 0 Å². The van der Waals surface area contributed by atoms with Gasteiger partial charge in [-0.1, -0.05) is 30.3 Å². The molecule has 1 aromatic heterocycles. The third-order valence-corrected chi connectivity index (χ3v) is 3.42. The lowest BCUT2D eigenvalue weighted by molar-refractivity contribution is -0.385. The number of anilines is 1. The zero-order chi connectivity index (χ0) is 15.4. The number of nitro groups is 1. The largest absolute Gasteiger partial charge is 0.369 e. The summed E-state index contributed by atoms with van der Waals surface area (Å²) in [5, 5.41) is 15.2. The van der Waals surface area contributed by atoms with Crippen LogP contribution < -0.4 is 5.32 Å². The molecule has 3 aromatic rings. The van der Waals surface area contributed by atoms with E-state index in [0.717, 1.165) is 16.7 Å². The highest BCUT2D eigenvalue weighted by Gasteiger charge is 2.11. The standard InChI is InChI=1S/C16H14N4O2/c21-20(22)15-8-4-1-5-12(15)9-10-17-16-13-6-2-3-7-14(13)18-11-19-16/h1-8,11H,9-10H2,(H,17,18,19). The molecule has 2 aromatic carbocycles. The Morgan fingerprint density at radius 1 is 1.05 bits per heavy atom. The lowest BCUT2D eigenvalue weighted by Gasteiger charge is -2.08. The van der Waals surface area contributed by atoms with Gasteiger partial charge in [0.2, 0.25) is 0 Å². The second-order valence-electron chi connectivity index (χ2n) is 4.80. The number of rotatable bonds is 5. The molecule has 6 heteroatoms. The van der Waals surface area contributed by atoms with Crippen LogP contribution in [0.3, 0.4) is 0 Å². The second-order valence-corrected chi connectivity index (χ2v) is 4.80. The molecule has 0 aliphatic heterocycles. The zero-order valence-corrected chi connectivity index (χ0v) is 11.8. The topological polar surface area (TPSA) is 81.0 Å². The van der Waals surface area contributed by atoms with Gasteiger partial charge < -0.3 is 5.32 Å². The first-order valence-corrected chi connectivity index (χ1v) is 6.91. The monoisotopic (exact) mass is 294 g/mol. The molecule has 0 spiro atoms. The number of hydrogen-bond acceptors (Lipinski definition) is 5. The molecule has 110 valence electrons. The van der Waals surface area contributed by atoms with Gasteiger partial charge in [-0.25, -0.2) is 9.97 Å². The average molecular weight is 294 g/mol. The van der Waals surface area contributed by atoms with Crippen LogP contribution in [0.2, 0.25) is 0 Å². The van der Waals surface area contributed by atoms with E-state index in [-0.39, 0.29) is 10.6 Å². The van der Waals surface area contributed by atoms with Gasteiger partial charge in [-0.15, -0.1) is 0 Å². The van der Waals surface area contributed by atoms with Crippen molar-refractivity contribution in [1.82, 2.24) is 9.97 Å². The van der Waals surface area contributed by atoms with Crippen LogP contribution in [0.1, 0.15) is 5.56 Å². The van der Waals surface area contributed by atoms with Gasteiger partial charge in [-0.05, 0) is 18.6 Å². The summed E-state index contributed by atoms with van der Waals surface area (Å²) in [6, 6.07) is 14.5. The number of nitro benzene ring substituents is 1. The number of hydrogen-bond donors (Lipinski definition) is 1. The Kier molecular flexibility index (Phi) is 3.91. The van der Waals surface area contributed by atoms with Crippen LogP contribution in [0.5, 0.6) is 0 Å². The number of aromatic nitrogens is 2. The fraction of sp³-hybridized carbons (Fsp3) is 0.125. The average Bonchev–Trinajstić information content (AvgIpc) is 2.55. The summed E-state index contributed by atoms with van der Waals surface area (Å²) in [5.41, 5.74) is 1.72. The summed E-state index contributed by atoms with van der Waals surface area (Å²) in [6.07, 6.45) is 2.06. The van der Waals surface area contributed by atoms with Gasteiger partial charge in [0.05, 0.1) is 10.4 Å². The molecule has 22 heavy (non-hydrogen) atoms. The molecule has 0 aliphatic rings. The van der Waals surface area contributed by atoms with Crippen LogP contribution in [0, 0.1) is 10.1 Å². The summed E-state index contributed by atoms with van der Waals surface area (Å²) in [7, 11) is 0. The van der Waals surface area contributed by atoms with Crippen LogP contribution in [0.4, 0.5) is 11.5 Å². The van der Waals surface area contributed by atoms with E-state index in [1.165, 1.54) is 12.4 Å². The summed E-state index contributed by atoms with van der Waals surface area (Å²) in [5.74, 6) is 0.740. The summed E-state index contributed by atoms with van der Waals surface area (Å²) in [6.45, 7) is 0.561. The van der Waals surface area contributed by atoms with E-state index in [1.54, 1.807) is 12.1 Å². The first kappa shape index (κ1) is 13.9. The number of nitrogens with one attached hydrogen (secondary N) is 1. The van der Waals surface area contributed by atoms with E-state index in [4.69, 9.17) is 0 Å². The first-order chi connectivity index (χ1) is 10.8. The van der Waals surface area contributed by atoms with E-state index < -0.39 is 0 Å². The third-order valence-electron chi connectivity index (χ3n) is 3.42. The van der Waals surface area contributed by atoms with Crippen LogP contribution >= 0.6 is 0 Å². The molecule has 1 N–H and O–H groups in total. The summed E-state index contributed by atoms with van der Waals surface area (Å²) >= 11 is 0. The van der Waals surface area contributed by atoms with E-state index >= 15 is 0 Å². The normalized spacial score (nSPS) is 10.5. The number of fused-ring (bicyclic) bond motifs is 1. The molecule has 0 unspecified atom stereocenters. The predicted octanol–water partition coefficient (Wildman–Crippen LogP) is 3.19. The molecule has 0 bridgehead atoms. The highest BCUT2D eigenvalue weighted by Crippen LogP contribution is 2.20. The lowest BCUT2D eigenvalue weighted by atomic mass is 10.1. The van der Waals surface area contributed by atoms with Crippen molar-refractivity contribution in [3.8, 4) is 0 Å². The molecular weight excluding hydrogens is 280 g/mol. The van der Waals surface area contributed by atoms with Crippen molar-refractivity contribution in [3.05, 3.63) is 70.5 Å². The Hall–Kier alpha value is -3.02. The SMILES string of the molecule is O=[N+]([O-])c1ccccc1CCNc1ncnc2ccccc12. The molecule has 0 saturated heterocycles. The third kappa shape index (κ3) is 2.85. The van der Waals surface area contributed by atoms with Crippen LogP contribution in [-0.4, -0.2) is 21.4 Å². The molecule has 0 atom stereocenters. The molecule has 0 amide bonds. The Morgan fingerprint density at radius 2 is 1.82 bits per heavy atom. The molecule has 6 nitrogen and oxygen atoms in total. The van der Waals surface area contributed by atoms with E-state index in [2.05, 4.69) is 15.3 Å². The molecule has 1 heterocycles. The van der Waals surface area contributed by atoms with Gasteiger partial charge in [-0.3, -0.25) is 10.1 Å². The minimum atomic E-state index is -0.352. The number of para-hydroxylation sites is 2. The van der Waals surface area contributed by atoms with Gasteiger partial charge in [-0.2, -0.15) is 0 Å². The number of nitrogens with zero attached hydrogens (tertiary/aromatic N) is 3. The maximum Gasteiger partial charge on any atom is 0.272 e. The van der Waals surface area contributed by atoms with Crippen molar-refractivity contribution in [2.45, 2.75) is 6.42 Å². The maximum absolute atomic E-state index is 11.0. The van der Waals surface area contributed by atoms with Crippen LogP contribution in [0.15, 0.2) is 54.9 Å². The van der Waals surface area contributed by atoms with Crippen molar-refractivity contribution < 1.29 is 4.92 Å². The second kappa shape index (κ2) is 6.17. The molecule has 0 radical (unpaired) electrons. The highest BCUT2D eigenvalue weighted by atomic mass is 16.6. The minimum Gasteiger partial charge on any atom is -0.369 e. The van der Waals surface area contributed by atoms with Crippen molar-refractivity contribution in [2.75, 3.05) is 11.9 Å². The lowest BCUT2D eigenvalue weighted by Crippen LogP contribution is -2.08. The molecule has 0 aliphatic carbocycles. The van der Waals surface area contributed by atoms with E-state index in [0.29, 0.717) is 18.5 Å². The maximum atomic E-state index is 11.0. The van der Waals surface area contributed by atoms with E-state index in [1.807, 2.05) is 30.3 Å². The summed E-state index contributed by atoms with van der Waals surface area (Å²) < 4.78 is 0. The van der Waals surface area contributed by atoms with Crippen LogP contribution in [-0.2, 0) is 6.42 Å². The highest BCUT2D eigenvalue weighted by molar-refractivity contribution is 5.88. The van der Waals surface area contributed by atoms with E-state index in [9.17, 15) is 10.1 Å². The van der Waals surface area contributed by atoms with Gasteiger partial charge in [0.25, 0.3) is 5.69 Å². The van der Waals surface area contributed by atoms with Crippen molar-refractivity contribution in [3.63, 3.8) is 0 Å². The van der Waals surface area contributed by atoms with Gasteiger partial charge in [0, 0.05) is 23.6 Å². The molecule has 0 fully saturated rings. The Balaban J connectivity index is 1.74. The predicted molar refractivity (Wildman–Crippen MR) is 84.8 cm³/mol. The van der Waals surface area contributed by atoms with Crippen molar-refractivity contribution in [2.24, 2.45) is 0 Å². The Bertz CT molecular complexity index is 815. The van der Waals surface area contributed by atoms with Gasteiger partial charge in [0.1, 0.15) is 12.1 Å². The van der Waals surface area contributed by atoms with Crippen molar-refractivity contribution in [1.29, 1.82) is 0 Å². The zero-order valence-electron chi connectivity index (χ0n) is 11.8. The van der Waals surface area contributed by atoms with Crippen LogP contribution in [0.25, 0.3) is 10.9 Å². The summed E-state index contributed by atoms with van der Waals surface area (Å²) in [4.78, 5) is 19.1. The Morgan fingerprint density at radius 3 is 2.68 bits per heavy atom. The molecular formula is C16H14N4O2. The first-order valence-electron chi connectivity index (χ1n) is 6.91. The minimum absolute atomic E-state index is 0.150.